The average Bonchev–Trinajstić information content (AvgIpc) is 3.17. The van der Waals surface area contributed by atoms with Crippen LogP contribution >= 0.6 is 0 Å². The number of hydrogen-bond donors (Lipinski definition) is 1. The number of hydrogen-bond acceptors (Lipinski definition) is 4. The van der Waals surface area contributed by atoms with E-state index in [1.807, 2.05) is 0 Å². The lowest BCUT2D eigenvalue weighted by molar-refractivity contribution is 0.338. The fourth-order valence-electron chi connectivity index (χ4n) is 3.37. The molecule has 104 valence electrons. The zero-order valence-corrected chi connectivity index (χ0v) is 11.5. The maximum absolute atomic E-state index is 5.47. The van der Waals surface area contributed by atoms with Crippen LogP contribution in [-0.4, -0.2) is 16.7 Å². The molecule has 2 unspecified atom stereocenters. The molecule has 1 saturated heterocycles. The van der Waals surface area contributed by atoms with Gasteiger partial charge in [-0.15, -0.1) is 0 Å². The third-order valence-corrected chi connectivity index (χ3v) is 4.53. The van der Waals surface area contributed by atoms with E-state index >= 15 is 0 Å². The molecular weight excluding hydrogens is 250 g/mol. The lowest BCUT2D eigenvalue weighted by Crippen LogP contribution is -2.15. The molecule has 1 N–H and O–H groups in total. The molecule has 0 bridgehead atoms. The Hall–Kier alpha value is -1.68. The van der Waals surface area contributed by atoms with Gasteiger partial charge in [0.1, 0.15) is 0 Å². The first-order valence-corrected chi connectivity index (χ1v) is 7.54. The van der Waals surface area contributed by atoms with Crippen molar-refractivity contribution in [3.63, 3.8) is 0 Å². The minimum absolute atomic E-state index is 0.270. The summed E-state index contributed by atoms with van der Waals surface area (Å²) in [6, 6.07) is 8.96. The summed E-state index contributed by atoms with van der Waals surface area (Å²) in [7, 11) is 0. The predicted molar refractivity (Wildman–Crippen MR) is 75.5 cm³/mol. The van der Waals surface area contributed by atoms with Crippen LogP contribution in [-0.2, 0) is 12.8 Å². The molecule has 1 aliphatic heterocycles. The van der Waals surface area contributed by atoms with Gasteiger partial charge in [-0.25, -0.2) is 0 Å². The highest BCUT2D eigenvalue weighted by atomic mass is 16.5. The Kier molecular flexibility index (Phi) is 3.03. The molecule has 0 radical (unpaired) electrons. The van der Waals surface area contributed by atoms with Gasteiger partial charge >= 0.3 is 0 Å². The van der Waals surface area contributed by atoms with Gasteiger partial charge in [-0.2, -0.15) is 4.98 Å². The second-order valence-electron chi connectivity index (χ2n) is 5.85. The van der Waals surface area contributed by atoms with Crippen LogP contribution in [0.2, 0.25) is 0 Å². The van der Waals surface area contributed by atoms with Crippen LogP contribution < -0.4 is 5.32 Å². The molecule has 4 heteroatoms. The van der Waals surface area contributed by atoms with Crippen molar-refractivity contribution in [2.24, 2.45) is 0 Å². The monoisotopic (exact) mass is 269 g/mol. The second-order valence-corrected chi connectivity index (χ2v) is 5.85. The highest BCUT2D eigenvalue weighted by Crippen LogP contribution is 2.32. The molecule has 0 spiro atoms. The van der Waals surface area contributed by atoms with Crippen LogP contribution in [0.4, 0.5) is 0 Å². The van der Waals surface area contributed by atoms with E-state index in [9.17, 15) is 0 Å². The number of fused-ring (bicyclic) bond motifs is 1. The summed E-state index contributed by atoms with van der Waals surface area (Å²) in [6.07, 6.45) is 5.57. The molecule has 2 atom stereocenters. The van der Waals surface area contributed by atoms with Crippen LogP contribution in [0.3, 0.4) is 0 Å². The van der Waals surface area contributed by atoms with Gasteiger partial charge in [0.05, 0.1) is 6.04 Å². The number of nitrogens with one attached hydrogen (secondary N) is 1. The Morgan fingerprint density at radius 2 is 2.05 bits per heavy atom. The van der Waals surface area contributed by atoms with E-state index < -0.39 is 0 Å². The third kappa shape index (κ3) is 2.14. The Morgan fingerprint density at radius 3 is 2.90 bits per heavy atom. The topological polar surface area (TPSA) is 51.0 Å². The highest BCUT2D eigenvalue weighted by Gasteiger charge is 2.27. The Morgan fingerprint density at radius 1 is 1.15 bits per heavy atom. The van der Waals surface area contributed by atoms with Crippen LogP contribution in [0, 0.1) is 0 Å². The molecule has 1 aromatic carbocycles. The molecule has 4 rings (SSSR count). The Balaban J connectivity index is 1.54. The van der Waals surface area contributed by atoms with Gasteiger partial charge in [0.25, 0.3) is 0 Å². The number of nitrogens with zero attached hydrogens (tertiary/aromatic N) is 2. The zero-order chi connectivity index (χ0) is 13.4. The smallest absolute Gasteiger partial charge is 0.243 e. The van der Waals surface area contributed by atoms with E-state index in [0.717, 1.165) is 43.9 Å². The largest absolute Gasteiger partial charge is 0.338 e. The van der Waals surface area contributed by atoms with Gasteiger partial charge in [-0.1, -0.05) is 29.4 Å². The van der Waals surface area contributed by atoms with Crippen molar-refractivity contribution in [1.29, 1.82) is 0 Å². The van der Waals surface area contributed by atoms with Crippen LogP contribution in [0.15, 0.2) is 28.8 Å². The van der Waals surface area contributed by atoms with Crippen molar-refractivity contribution >= 4 is 0 Å². The molecule has 0 saturated carbocycles. The maximum Gasteiger partial charge on any atom is 0.243 e. The van der Waals surface area contributed by atoms with Crippen LogP contribution in [0.5, 0.6) is 0 Å². The lowest BCUT2D eigenvalue weighted by Gasteiger charge is -2.21. The minimum atomic E-state index is 0.270. The minimum Gasteiger partial charge on any atom is -0.338 e. The average molecular weight is 269 g/mol. The first kappa shape index (κ1) is 12.1. The molecule has 2 aliphatic rings. The highest BCUT2D eigenvalue weighted by molar-refractivity contribution is 5.31. The van der Waals surface area contributed by atoms with Gasteiger partial charge in [0.2, 0.25) is 5.89 Å². The zero-order valence-electron chi connectivity index (χ0n) is 11.5. The van der Waals surface area contributed by atoms with Gasteiger partial charge in [0.15, 0.2) is 5.82 Å². The van der Waals surface area contributed by atoms with Crippen molar-refractivity contribution in [1.82, 2.24) is 15.5 Å². The summed E-state index contributed by atoms with van der Waals surface area (Å²) < 4.78 is 5.47. The first-order chi connectivity index (χ1) is 9.90. The molecule has 1 aliphatic carbocycles. The molecule has 0 amide bonds. The number of benzene rings is 1. The van der Waals surface area contributed by atoms with E-state index in [-0.39, 0.29) is 6.04 Å². The van der Waals surface area contributed by atoms with Crippen LogP contribution in [0.1, 0.15) is 54.1 Å². The lowest BCUT2D eigenvalue weighted by atomic mass is 9.83. The summed E-state index contributed by atoms with van der Waals surface area (Å²) in [5.41, 5.74) is 2.92. The molecular formula is C16H19N3O. The number of aromatic nitrogens is 2. The summed E-state index contributed by atoms with van der Waals surface area (Å²) in [4.78, 5) is 4.65. The Bertz CT molecular complexity index is 601. The van der Waals surface area contributed by atoms with Crippen molar-refractivity contribution in [2.75, 3.05) is 6.54 Å². The molecule has 1 aromatic heterocycles. The van der Waals surface area contributed by atoms with Gasteiger partial charge in [-0.3, -0.25) is 0 Å². The van der Waals surface area contributed by atoms with Gasteiger partial charge < -0.3 is 9.84 Å². The summed E-state index contributed by atoms with van der Waals surface area (Å²) in [5.74, 6) is 2.07. The van der Waals surface area contributed by atoms with Crippen molar-refractivity contribution in [3.8, 4) is 0 Å². The van der Waals surface area contributed by atoms with Gasteiger partial charge in [0, 0.05) is 5.92 Å². The standard InChI is InChI=1S/C16H19N3O/c1-2-5-12-10-13(8-7-11(12)4-1)15-18-16(20-19-15)14-6-3-9-17-14/h1-2,4-5,13-14,17H,3,6-10H2. The maximum atomic E-state index is 5.47. The number of rotatable bonds is 2. The Labute approximate surface area is 118 Å². The van der Waals surface area contributed by atoms with Crippen LogP contribution in [0.25, 0.3) is 0 Å². The normalized spacial score (nSPS) is 25.6. The van der Waals surface area contributed by atoms with E-state index in [1.165, 1.54) is 17.5 Å². The second kappa shape index (κ2) is 5.02. The fourth-order valence-corrected chi connectivity index (χ4v) is 3.37. The van der Waals surface area contributed by atoms with Gasteiger partial charge in [-0.05, 0) is 49.8 Å². The summed E-state index contributed by atoms with van der Waals surface area (Å²) in [6.45, 7) is 1.05. The molecule has 1 fully saturated rings. The molecule has 20 heavy (non-hydrogen) atoms. The van der Waals surface area contributed by atoms with E-state index in [1.54, 1.807) is 0 Å². The number of aryl methyl sites for hydroxylation is 1. The predicted octanol–water partition coefficient (Wildman–Crippen LogP) is 2.77. The van der Waals surface area contributed by atoms with Crippen molar-refractivity contribution < 1.29 is 4.52 Å². The molecule has 4 nitrogen and oxygen atoms in total. The molecule has 2 heterocycles. The fraction of sp³-hybridized carbons (Fsp3) is 0.500. The summed E-state index contributed by atoms with van der Waals surface area (Å²) >= 11 is 0. The van der Waals surface area contributed by atoms with Crippen molar-refractivity contribution in [2.45, 2.75) is 44.1 Å². The molecule has 2 aromatic rings. The SMILES string of the molecule is c1ccc2c(c1)CCC(c1noc(C3CCCN3)n1)C2. The summed E-state index contributed by atoms with van der Waals surface area (Å²) in [5, 5.41) is 7.64. The first-order valence-electron chi connectivity index (χ1n) is 7.54. The van der Waals surface area contributed by atoms with E-state index in [0.29, 0.717) is 5.92 Å². The van der Waals surface area contributed by atoms with Crippen molar-refractivity contribution in [3.05, 3.63) is 47.1 Å². The van der Waals surface area contributed by atoms with E-state index in [4.69, 9.17) is 4.52 Å². The quantitative estimate of drug-likeness (QED) is 0.910. The third-order valence-electron chi connectivity index (χ3n) is 4.53. The van der Waals surface area contributed by atoms with E-state index in [2.05, 4.69) is 39.7 Å².